The molecule has 0 radical (unpaired) electrons. The van der Waals surface area contributed by atoms with Crippen molar-refractivity contribution in [3.63, 3.8) is 0 Å². The zero-order valence-corrected chi connectivity index (χ0v) is 18.4. The summed E-state index contributed by atoms with van der Waals surface area (Å²) in [5.74, 6) is 1.13. The first-order valence-corrected chi connectivity index (χ1v) is 11.4. The van der Waals surface area contributed by atoms with Gasteiger partial charge in [0.25, 0.3) is 0 Å². The van der Waals surface area contributed by atoms with E-state index in [1.807, 2.05) is 30.3 Å². The van der Waals surface area contributed by atoms with Crippen LogP contribution in [0.4, 0.5) is 4.39 Å². The molecule has 34 heavy (non-hydrogen) atoms. The molecule has 0 unspecified atom stereocenters. The molecule has 3 aromatic carbocycles. The molecule has 0 fully saturated rings. The Hall–Kier alpha value is -3.84. The lowest BCUT2D eigenvalue weighted by molar-refractivity contribution is -0.123. The van der Waals surface area contributed by atoms with Gasteiger partial charge < -0.3 is 19.8 Å². The smallest absolute Gasteiger partial charge is 0.237 e. The molecule has 3 N–H and O–H groups in total. The average molecular weight is 458 g/mol. The number of fused-ring (bicyclic) bond motifs is 4. The summed E-state index contributed by atoms with van der Waals surface area (Å²) in [6.07, 6.45) is 1.23. The number of H-pyrrole nitrogens is 1. The molecular formula is C27H24FN3O3. The van der Waals surface area contributed by atoms with E-state index in [2.05, 4.69) is 27.8 Å². The van der Waals surface area contributed by atoms with Gasteiger partial charge in [-0.15, -0.1) is 0 Å². The number of nitrogens with one attached hydrogen (secondary N) is 3. The number of rotatable bonds is 5. The number of carbonyl (C=O) groups excluding carboxylic acids is 1. The van der Waals surface area contributed by atoms with Crippen molar-refractivity contribution in [2.75, 3.05) is 13.3 Å². The largest absolute Gasteiger partial charge is 0.454 e. The predicted molar refractivity (Wildman–Crippen MR) is 126 cm³/mol. The molecule has 0 saturated carbocycles. The van der Waals surface area contributed by atoms with Crippen LogP contribution in [0.5, 0.6) is 11.5 Å². The number of hydrogen-bond donors (Lipinski definition) is 3. The van der Waals surface area contributed by atoms with Gasteiger partial charge in [-0.3, -0.25) is 10.1 Å². The fourth-order valence-corrected chi connectivity index (χ4v) is 4.86. The molecular weight excluding hydrogens is 433 g/mol. The van der Waals surface area contributed by atoms with Crippen LogP contribution in [0.1, 0.15) is 28.4 Å². The maximum absolute atomic E-state index is 13.2. The SMILES string of the molecule is O=C(NCCc1ccc(F)cc1)[C@@H]1Cc2c([nH]c3ccccc23)[C@H](c2ccc3c(c2)OCO3)N1. The van der Waals surface area contributed by atoms with Crippen molar-refractivity contribution < 1.29 is 18.7 Å². The van der Waals surface area contributed by atoms with Gasteiger partial charge >= 0.3 is 0 Å². The molecule has 4 aromatic rings. The number of ether oxygens (including phenoxy) is 2. The lowest BCUT2D eigenvalue weighted by Gasteiger charge is -2.31. The Bertz CT molecular complexity index is 1370. The van der Waals surface area contributed by atoms with Crippen LogP contribution in [0.3, 0.4) is 0 Å². The topological polar surface area (TPSA) is 75.4 Å². The van der Waals surface area contributed by atoms with Crippen LogP contribution in [0, 0.1) is 5.82 Å². The first kappa shape index (κ1) is 20.7. The van der Waals surface area contributed by atoms with E-state index in [0.29, 0.717) is 25.1 Å². The first-order valence-electron chi connectivity index (χ1n) is 11.4. The number of aromatic amines is 1. The minimum atomic E-state index is -0.393. The molecule has 2 aliphatic rings. The summed E-state index contributed by atoms with van der Waals surface area (Å²) < 4.78 is 24.2. The number of carbonyl (C=O) groups is 1. The Kier molecular flexibility index (Phi) is 5.19. The Morgan fingerprint density at radius 2 is 1.85 bits per heavy atom. The van der Waals surface area contributed by atoms with Crippen molar-refractivity contribution in [2.24, 2.45) is 0 Å². The average Bonchev–Trinajstić information content (AvgIpc) is 3.48. The van der Waals surface area contributed by atoms with Gasteiger partial charge in [0.15, 0.2) is 11.5 Å². The summed E-state index contributed by atoms with van der Waals surface area (Å²) in [6.45, 7) is 0.700. The van der Waals surface area contributed by atoms with Crippen molar-refractivity contribution in [2.45, 2.75) is 24.9 Å². The van der Waals surface area contributed by atoms with Crippen molar-refractivity contribution >= 4 is 16.8 Å². The Morgan fingerprint density at radius 3 is 2.74 bits per heavy atom. The molecule has 6 nitrogen and oxygen atoms in total. The summed E-state index contributed by atoms with van der Waals surface area (Å²) in [4.78, 5) is 16.7. The highest BCUT2D eigenvalue weighted by atomic mass is 19.1. The van der Waals surface area contributed by atoms with Crippen LogP contribution >= 0.6 is 0 Å². The minimum absolute atomic E-state index is 0.0520. The highest BCUT2D eigenvalue weighted by molar-refractivity contribution is 5.88. The van der Waals surface area contributed by atoms with E-state index < -0.39 is 6.04 Å². The highest BCUT2D eigenvalue weighted by Crippen LogP contribution is 2.39. The van der Waals surface area contributed by atoms with E-state index in [4.69, 9.17) is 9.47 Å². The zero-order chi connectivity index (χ0) is 23.1. The third-order valence-corrected chi connectivity index (χ3v) is 6.58. The third kappa shape index (κ3) is 3.78. The van der Waals surface area contributed by atoms with Gasteiger partial charge in [-0.1, -0.05) is 36.4 Å². The summed E-state index contributed by atoms with van der Waals surface area (Å²) >= 11 is 0. The maximum atomic E-state index is 13.2. The number of halogens is 1. The molecule has 172 valence electrons. The lowest BCUT2D eigenvalue weighted by Crippen LogP contribution is -2.50. The molecule has 0 bridgehead atoms. The van der Waals surface area contributed by atoms with E-state index >= 15 is 0 Å². The monoisotopic (exact) mass is 457 g/mol. The standard InChI is InChI=1S/C27H24FN3O3/c28-18-8-5-16(6-9-18)11-12-29-27(32)22-14-20-19-3-1-2-4-21(19)30-26(20)25(31-22)17-7-10-23-24(13-17)34-15-33-23/h1-10,13,22,25,30-31H,11-12,14-15H2,(H,29,32)/t22-,25-/m0/s1. The van der Waals surface area contributed by atoms with E-state index in [9.17, 15) is 9.18 Å². The van der Waals surface area contributed by atoms with Crippen LogP contribution in [0.15, 0.2) is 66.7 Å². The molecule has 7 heteroatoms. The molecule has 0 saturated heterocycles. The molecule has 0 spiro atoms. The van der Waals surface area contributed by atoms with Crippen LogP contribution in [-0.4, -0.2) is 30.3 Å². The van der Waals surface area contributed by atoms with E-state index in [0.717, 1.165) is 39.0 Å². The van der Waals surface area contributed by atoms with Crippen molar-refractivity contribution in [3.05, 3.63) is 94.9 Å². The Balaban J connectivity index is 1.27. The van der Waals surface area contributed by atoms with Crippen LogP contribution in [-0.2, 0) is 17.6 Å². The zero-order valence-electron chi connectivity index (χ0n) is 18.4. The Labute approximate surface area is 196 Å². The van der Waals surface area contributed by atoms with Crippen molar-refractivity contribution in [3.8, 4) is 11.5 Å². The summed E-state index contributed by atoms with van der Waals surface area (Å²) in [6, 6.07) is 19.9. The lowest BCUT2D eigenvalue weighted by atomic mass is 9.90. The number of aromatic nitrogens is 1. The molecule has 3 heterocycles. The second-order valence-corrected chi connectivity index (χ2v) is 8.70. The molecule has 0 aliphatic carbocycles. The van der Waals surface area contributed by atoms with Crippen molar-refractivity contribution in [1.29, 1.82) is 0 Å². The van der Waals surface area contributed by atoms with Gasteiger partial charge in [0.1, 0.15) is 5.82 Å². The molecule has 6 rings (SSSR count). The maximum Gasteiger partial charge on any atom is 0.237 e. The fraction of sp³-hybridized carbons (Fsp3) is 0.222. The molecule has 1 aromatic heterocycles. The third-order valence-electron chi connectivity index (χ3n) is 6.58. The van der Waals surface area contributed by atoms with Crippen LogP contribution in [0.25, 0.3) is 10.9 Å². The van der Waals surface area contributed by atoms with E-state index in [-0.39, 0.29) is 24.6 Å². The van der Waals surface area contributed by atoms with Crippen LogP contribution in [0.2, 0.25) is 0 Å². The van der Waals surface area contributed by atoms with Gasteiger partial charge in [0.2, 0.25) is 12.7 Å². The summed E-state index contributed by atoms with van der Waals surface area (Å²) in [5, 5.41) is 7.73. The number of benzene rings is 3. The van der Waals surface area contributed by atoms with Gasteiger partial charge in [0.05, 0.1) is 12.1 Å². The summed E-state index contributed by atoms with van der Waals surface area (Å²) in [5.41, 5.74) is 5.25. The second kappa shape index (κ2) is 8.50. The number of hydrogen-bond acceptors (Lipinski definition) is 4. The van der Waals surface area contributed by atoms with Crippen molar-refractivity contribution in [1.82, 2.24) is 15.6 Å². The number of para-hydroxylation sites is 1. The predicted octanol–water partition coefficient (Wildman–Crippen LogP) is 4.00. The molecule has 2 atom stereocenters. The van der Waals surface area contributed by atoms with Crippen LogP contribution < -0.4 is 20.1 Å². The van der Waals surface area contributed by atoms with Gasteiger partial charge in [-0.05, 0) is 59.9 Å². The highest BCUT2D eigenvalue weighted by Gasteiger charge is 2.34. The summed E-state index contributed by atoms with van der Waals surface area (Å²) in [7, 11) is 0. The quantitative estimate of drug-likeness (QED) is 0.424. The van der Waals surface area contributed by atoms with Gasteiger partial charge in [-0.2, -0.15) is 0 Å². The second-order valence-electron chi connectivity index (χ2n) is 8.70. The number of amides is 1. The molecule has 1 amide bonds. The minimum Gasteiger partial charge on any atom is -0.454 e. The Morgan fingerprint density at radius 1 is 1.03 bits per heavy atom. The van der Waals surface area contributed by atoms with Gasteiger partial charge in [-0.25, -0.2) is 4.39 Å². The first-order chi connectivity index (χ1) is 16.7. The normalized spacial score (nSPS) is 18.6. The molecule has 2 aliphatic heterocycles. The van der Waals surface area contributed by atoms with E-state index in [1.54, 1.807) is 12.1 Å². The fourth-order valence-electron chi connectivity index (χ4n) is 4.86. The van der Waals surface area contributed by atoms with Gasteiger partial charge in [0, 0.05) is 23.1 Å². The van der Waals surface area contributed by atoms with E-state index in [1.165, 1.54) is 12.1 Å².